The monoisotopic (exact) mass is 143 g/mol. The zero-order chi connectivity index (χ0) is 8.15. The van der Waals surface area contributed by atoms with Crippen LogP contribution in [0.1, 0.15) is 6.92 Å². The Bertz CT molecular complexity index is 145. The number of hydrogen-bond donors (Lipinski definition) is 2. The van der Waals surface area contributed by atoms with Crippen molar-refractivity contribution < 1.29 is 9.59 Å². The van der Waals surface area contributed by atoms with Gasteiger partial charge in [-0.15, -0.1) is 0 Å². The van der Waals surface area contributed by atoms with Gasteiger partial charge in [0.25, 0.3) is 0 Å². The molecule has 2 N–H and O–H groups in total. The van der Waals surface area contributed by atoms with Gasteiger partial charge in [0.1, 0.15) is 6.04 Å². The third-order valence-electron chi connectivity index (χ3n) is 0.940. The second-order valence-electron chi connectivity index (χ2n) is 1.87. The maximum absolute atomic E-state index is 10.7. The Morgan fingerprint density at radius 2 is 2.00 bits per heavy atom. The van der Waals surface area contributed by atoms with Gasteiger partial charge >= 0.3 is 0 Å². The van der Waals surface area contributed by atoms with E-state index in [0.717, 1.165) is 0 Å². The molecule has 0 fully saturated rings. The van der Waals surface area contributed by atoms with Crippen molar-refractivity contribution in [3.63, 3.8) is 0 Å². The van der Waals surface area contributed by atoms with Crippen LogP contribution in [0, 0.1) is 6.92 Å². The Balaban J connectivity index is 3.72. The van der Waals surface area contributed by atoms with E-state index in [1.807, 2.05) is 0 Å². The van der Waals surface area contributed by atoms with Crippen LogP contribution in [0.5, 0.6) is 0 Å². The van der Waals surface area contributed by atoms with Crippen molar-refractivity contribution >= 4 is 11.8 Å². The van der Waals surface area contributed by atoms with Crippen molar-refractivity contribution in [1.29, 1.82) is 0 Å². The molecule has 0 aliphatic carbocycles. The highest BCUT2D eigenvalue weighted by atomic mass is 16.2. The van der Waals surface area contributed by atoms with Crippen LogP contribution in [0.2, 0.25) is 0 Å². The normalized spacial score (nSPS) is 11.9. The van der Waals surface area contributed by atoms with Crippen molar-refractivity contribution in [2.45, 2.75) is 13.0 Å². The molecule has 0 aromatic rings. The summed E-state index contributed by atoms with van der Waals surface area (Å²) in [5.74, 6) is -0.557. The molecule has 0 aromatic heterocycles. The Labute approximate surface area is 60.0 Å². The first kappa shape index (κ1) is 8.94. The van der Waals surface area contributed by atoms with Crippen LogP contribution in [-0.4, -0.2) is 24.9 Å². The molecule has 57 valence electrons. The summed E-state index contributed by atoms with van der Waals surface area (Å²) in [5.41, 5.74) is 0. The lowest BCUT2D eigenvalue weighted by Gasteiger charge is -2.09. The summed E-state index contributed by atoms with van der Waals surface area (Å²) in [6.45, 7) is 4.74. The standard InChI is InChI=1S/C6H11N2O2/c1-4(6(10)7-3)8-5(2)9/h4H,1H2,2-3H3,(H,7,10)(H,8,9). The zero-order valence-corrected chi connectivity index (χ0v) is 6.10. The van der Waals surface area contributed by atoms with E-state index < -0.39 is 6.04 Å². The minimum absolute atomic E-state index is 0.261. The molecule has 0 saturated carbocycles. The van der Waals surface area contributed by atoms with Crippen molar-refractivity contribution in [1.82, 2.24) is 10.6 Å². The first-order chi connectivity index (χ1) is 4.57. The molecule has 1 radical (unpaired) electrons. The average Bonchev–Trinajstić information content (AvgIpc) is 1.85. The number of rotatable bonds is 2. The predicted molar refractivity (Wildman–Crippen MR) is 37.0 cm³/mol. The van der Waals surface area contributed by atoms with Gasteiger partial charge in [-0.05, 0) is 6.92 Å². The molecule has 1 unspecified atom stereocenters. The van der Waals surface area contributed by atoms with Gasteiger partial charge < -0.3 is 10.6 Å². The number of amides is 2. The van der Waals surface area contributed by atoms with E-state index in [0.29, 0.717) is 0 Å². The van der Waals surface area contributed by atoms with Crippen molar-refractivity contribution in [3.05, 3.63) is 6.92 Å². The summed E-state index contributed by atoms with van der Waals surface area (Å²) in [6, 6.07) is -0.692. The number of carbonyl (C=O) groups is 2. The molecular weight excluding hydrogens is 132 g/mol. The maximum Gasteiger partial charge on any atom is 0.242 e. The van der Waals surface area contributed by atoms with Gasteiger partial charge in [0, 0.05) is 14.0 Å². The van der Waals surface area contributed by atoms with Crippen LogP contribution in [0.15, 0.2) is 0 Å². The third-order valence-corrected chi connectivity index (χ3v) is 0.940. The largest absolute Gasteiger partial charge is 0.357 e. The summed E-state index contributed by atoms with van der Waals surface area (Å²) in [5, 5.41) is 4.69. The molecule has 2 amide bonds. The van der Waals surface area contributed by atoms with E-state index in [4.69, 9.17) is 0 Å². The van der Waals surface area contributed by atoms with Crippen LogP contribution in [-0.2, 0) is 9.59 Å². The fourth-order valence-electron chi connectivity index (χ4n) is 0.485. The van der Waals surface area contributed by atoms with Gasteiger partial charge in [0.15, 0.2) is 0 Å². The van der Waals surface area contributed by atoms with Crippen LogP contribution in [0.4, 0.5) is 0 Å². The molecule has 0 rings (SSSR count). The number of likely N-dealkylation sites (N-methyl/N-ethyl adjacent to an activating group) is 1. The molecule has 0 spiro atoms. The van der Waals surface area contributed by atoms with Crippen molar-refractivity contribution in [2.24, 2.45) is 0 Å². The topological polar surface area (TPSA) is 58.2 Å². The quantitative estimate of drug-likeness (QED) is 0.524. The Morgan fingerprint density at radius 3 is 2.30 bits per heavy atom. The summed E-state index contributed by atoms with van der Waals surface area (Å²) in [7, 11) is 1.49. The average molecular weight is 143 g/mol. The van der Waals surface area contributed by atoms with Crippen LogP contribution in [0.3, 0.4) is 0 Å². The lowest BCUT2D eigenvalue weighted by molar-refractivity contribution is -0.126. The molecule has 0 bridgehead atoms. The summed E-state index contributed by atoms with van der Waals surface area (Å²) >= 11 is 0. The lowest BCUT2D eigenvalue weighted by Crippen LogP contribution is -2.42. The minimum Gasteiger partial charge on any atom is -0.357 e. The van der Waals surface area contributed by atoms with E-state index >= 15 is 0 Å². The summed E-state index contributed by atoms with van der Waals surface area (Å²) in [6.07, 6.45) is 0. The van der Waals surface area contributed by atoms with Gasteiger partial charge in [-0.2, -0.15) is 0 Å². The molecule has 4 nitrogen and oxygen atoms in total. The fourth-order valence-corrected chi connectivity index (χ4v) is 0.485. The van der Waals surface area contributed by atoms with Crippen molar-refractivity contribution in [2.75, 3.05) is 7.05 Å². The molecule has 1 atom stereocenters. The van der Waals surface area contributed by atoms with Crippen molar-refractivity contribution in [3.8, 4) is 0 Å². The second-order valence-corrected chi connectivity index (χ2v) is 1.87. The molecular formula is C6H11N2O2. The number of hydrogen-bond acceptors (Lipinski definition) is 2. The van der Waals surface area contributed by atoms with E-state index in [9.17, 15) is 9.59 Å². The molecule has 10 heavy (non-hydrogen) atoms. The molecule has 0 aromatic carbocycles. The molecule has 0 saturated heterocycles. The zero-order valence-electron chi connectivity index (χ0n) is 6.10. The van der Waals surface area contributed by atoms with E-state index in [1.165, 1.54) is 14.0 Å². The van der Waals surface area contributed by atoms with E-state index in [1.54, 1.807) is 0 Å². The summed E-state index contributed by atoms with van der Waals surface area (Å²) < 4.78 is 0. The maximum atomic E-state index is 10.7. The summed E-state index contributed by atoms with van der Waals surface area (Å²) in [4.78, 5) is 21.0. The van der Waals surface area contributed by atoms with Crippen LogP contribution in [0.25, 0.3) is 0 Å². The number of carbonyl (C=O) groups excluding carboxylic acids is 2. The second kappa shape index (κ2) is 3.87. The minimum atomic E-state index is -0.692. The molecule has 4 heteroatoms. The van der Waals surface area contributed by atoms with Crippen LogP contribution < -0.4 is 10.6 Å². The predicted octanol–water partition coefficient (Wildman–Crippen LogP) is -0.929. The number of nitrogens with one attached hydrogen (secondary N) is 2. The smallest absolute Gasteiger partial charge is 0.242 e. The van der Waals surface area contributed by atoms with E-state index in [-0.39, 0.29) is 11.8 Å². The Kier molecular flexibility index (Phi) is 3.46. The molecule has 0 aliphatic heterocycles. The first-order valence-electron chi connectivity index (χ1n) is 2.89. The highest BCUT2D eigenvalue weighted by molar-refractivity contribution is 5.87. The Hall–Kier alpha value is -1.06. The van der Waals surface area contributed by atoms with Gasteiger partial charge in [0.05, 0.1) is 0 Å². The van der Waals surface area contributed by atoms with Gasteiger partial charge in [-0.1, -0.05) is 0 Å². The SMILES string of the molecule is [CH2]C(NC(C)=O)C(=O)NC. The van der Waals surface area contributed by atoms with Gasteiger partial charge in [-0.3, -0.25) is 9.59 Å². The lowest BCUT2D eigenvalue weighted by atomic mass is 10.3. The van der Waals surface area contributed by atoms with E-state index in [2.05, 4.69) is 17.6 Å². The fraction of sp³-hybridized carbons (Fsp3) is 0.500. The first-order valence-corrected chi connectivity index (χ1v) is 2.89. The molecule has 0 heterocycles. The third kappa shape index (κ3) is 3.06. The Morgan fingerprint density at radius 1 is 1.50 bits per heavy atom. The molecule has 0 aliphatic rings. The van der Waals surface area contributed by atoms with Gasteiger partial charge in [0.2, 0.25) is 11.8 Å². The highest BCUT2D eigenvalue weighted by Gasteiger charge is 2.10. The van der Waals surface area contributed by atoms with Gasteiger partial charge in [-0.25, -0.2) is 0 Å². The highest BCUT2D eigenvalue weighted by Crippen LogP contribution is 1.78. The van der Waals surface area contributed by atoms with Crippen LogP contribution >= 0.6 is 0 Å².